The van der Waals surface area contributed by atoms with E-state index in [0.29, 0.717) is 5.69 Å². The predicted octanol–water partition coefficient (Wildman–Crippen LogP) is 2.58. The van der Waals surface area contributed by atoms with E-state index >= 15 is 0 Å². The van der Waals surface area contributed by atoms with E-state index < -0.39 is 23.6 Å². The number of rotatable bonds is 3. The number of oxazole rings is 1. The summed E-state index contributed by atoms with van der Waals surface area (Å²) in [5.41, 5.74) is -0.571. The van der Waals surface area contributed by atoms with Crippen LogP contribution in [0.3, 0.4) is 0 Å². The summed E-state index contributed by atoms with van der Waals surface area (Å²) in [7, 11) is 1.62. The van der Waals surface area contributed by atoms with Crippen molar-refractivity contribution >= 4 is 5.97 Å². The van der Waals surface area contributed by atoms with Gasteiger partial charge in [0.2, 0.25) is 11.7 Å². The van der Waals surface area contributed by atoms with E-state index in [2.05, 4.69) is 14.8 Å². The van der Waals surface area contributed by atoms with Gasteiger partial charge in [-0.25, -0.2) is 9.78 Å². The van der Waals surface area contributed by atoms with Gasteiger partial charge in [-0.15, -0.1) is 0 Å². The van der Waals surface area contributed by atoms with E-state index in [9.17, 15) is 18.0 Å². The second kappa shape index (κ2) is 5.23. The van der Waals surface area contributed by atoms with Crippen molar-refractivity contribution in [1.29, 1.82) is 0 Å². The fraction of sp³-hybridized carbons (Fsp3) is 0.417. The number of carbonyl (C=O) groups is 1. The quantitative estimate of drug-likeness (QED) is 0.815. The lowest BCUT2D eigenvalue weighted by Gasteiger charge is -2.03. The third-order valence-electron chi connectivity index (χ3n) is 2.82. The molecule has 2 rings (SSSR count). The zero-order valence-corrected chi connectivity index (χ0v) is 11.5. The number of carbonyl (C=O) groups excluding carboxylic acids is 1. The van der Waals surface area contributed by atoms with Gasteiger partial charge < -0.3 is 9.15 Å². The maximum Gasteiger partial charge on any atom is 0.437 e. The van der Waals surface area contributed by atoms with Crippen LogP contribution in [0.2, 0.25) is 0 Å². The summed E-state index contributed by atoms with van der Waals surface area (Å²) in [6, 6.07) is 0. The molecule has 21 heavy (non-hydrogen) atoms. The van der Waals surface area contributed by atoms with Crippen molar-refractivity contribution in [2.24, 2.45) is 7.05 Å². The Kier molecular flexibility index (Phi) is 3.75. The Labute approximate surface area is 117 Å². The number of aromatic nitrogens is 3. The van der Waals surface area contributed by atoms with E-state index in [-0.39, 0.29) is 18.1 Å². The molecule has 0 aliphatic carbocycles. The van der Waals surface area contributed by atoms with Gasteiger partial charge in [0.25, 0.3) is 0 Å². The van der Waals surface area contributed by atoms with Crippen LogP contribution in [-0.4, -0.2) is 27.3 Å². The lowest BCUT2D eigenvalue weighted by molar-refractivity contribution is -0.141. The van der Waals surface area contributed by atoms with E-state index in [1.165, 1.54) is 17.8 Å². The molecule has 0 spiro atoms. The van der Waals surface area contributed by atoms with Crippen LogP contribution in [0, 0.1) is 6.92 Å². The molecule has 0 unspecified atom stereocenters. The van der Waals surface area contributed by atoms with Gasteiger partial charge >= 0.3 is 12.1 Å². The number of ether oxygens (including phenoxy) is 1. The van der Waals surface area contributed by atoms with E-state index in [1.807, 2.05) is 0 Å². The van der Waals surface area contributed by atoms with Crippen molar-refractivity contribution in [1.82, 2.24) is 14.8 Å². The number of nitrogens with zero attached hydrogens (tertiary/aromatic N) is 3. The van der Waals surface area contributed by atoms with E-state index in [4.69, 9.17) is 4.42 Å². The Bertz CT molecular complexity index is 673. The molecule has 9 heteroatoms. The molecule has 0 saturated carbocycles. The van der Waals surface area contributed by atoms with Crippen LogP contribution in [0.25, 0.3) is 11.5 Å². The molecule has 2 aromatic heterocycles. The van der Waals surface area contributed by atoms with Gasteiger partial charge in [-0.2, -0.15) is 18.3 Å². The normalized spacial score (nSPS) is 11.7. The fourth-order valence-corrected chi connectivity index (χ4v) is 1.67. The van der Waals surface area contributed by atoms with Crippen LogP contribution in [-0.2, 0) is 18.0 Å². The number of hydrogen-bond acceptors (Lipinski definition) is 5. The molecule has 0 bridgehead atoms. The number of hydrogen-bond donors (Lipinski definition) is 0. The van der Waals surface area contributed by atoms with E-state index in [1.54, 1.807) is 14.0 Å². The molecule has 0 atom stereocenters. The van der Waals surface area contributed by atoms with Crippen molar-refractivity contribution in [3.63, 3.8) is 0 Å². The van der Waals surface area contributed by atoms with Gasteiger partial charge in [0.1, 0.15) is 0 Å². The lowest BCUT2D eigenvalue weighted by Crippen LogP contribution is -2.14. The Balaban J connectivity index is 2.56. The van der Waals surface area contributed by atoms with E-state index in [0.717, 1.165) is 0 Å². The third-order valence-corrected chi connectivity index (χ3v) is 2.82. The molecule has 2 heterocycles. The predicted molar refractivity (Wildman–Crippen MR) is 64.4 cm³/mol. The van der Waals surface area contributed by atoms with Crippen molar-refractivity contribution in [3.05, 3.63) is 23.3 Å². The summed E-state index contributed by atoms with van der Waals surface area (Å²) in [5.74, 6) is -2.48. The Morgan fingerprint density at radius 1 is 1.48 bits per heavy atom. The molecule has 2 aromatic rings. The second-order valence-electron chi connectivity index (χ2n) is 4.18. The monoisotopic (exact) mass is 303 g/mol. The SMILES string of the molecule is CCOC(=O)c1oc(-c2cnn(C)c2C)nc1C(F)(F)F. The Morgan fingerprint density at radius 3 is 2.62 bits per heavy atom. The van der Waals surface area contributed by atoms with Gasteiger partial charge in [-0.1, -0.05) is 0 Å². The molecule has 114 valence electrons. The zero-order chi connectivity index (χ0) is 15.8. The summed E-state index contributed by atoms with van der Waals surface area (Å²) in [4.78, 5) is 15.0. The highest BCUT2D eigenvalue weighted by atomic mass is 19.4. The topological polar surface area (TPSA) is 70.2 Å². The van der Waals surface area contributed by atoms with Crippen molar-refractivity contribution in [3.8, 4) is 11.5 Å². The Morgan fingerprint density at radius 2 is 2.14 bits per heavy atom. The molecule has 0 aliphatic heterocycles. The van der Waals surface area contributed by atoms with Crippen LogP contribution < -0.4 is 0 Å². The summed E-state index contributed by atoms with van der Waals surface area (Å²) < 4.78 is 49.8. The third kappa shape index (κ3) is 2.76. The first kappa shape index (κ1) is 15.1. The number of alkyl halides is 3. The Hall–Kier alpha value is -2.32. The molecular formula is C12H12F3N3O3. The average Bonchev–Trinajstić information content (AvgIpc) is 2.95. The molecule has 0 saturated heterocycles. The zero-order valence-electron chi connectivity index (χ0n) is 11.5. The molecule has 0 aliphatic rings. The molecule has 0 N–H and O–H groups in total. The van der Waals surface area contributed by atoms with Crippen molar-refractivity contribution in [2.75, 3.05) is 6.61 Å². The van der Waals surface area contributed by atoms with Gasteiger partial charge in [0.05, 0.1) is 18.4 Å². The first-order chi connectivity index (χ1) is 9.75. The number of esters is 1. The van der Waals surface area contributed by atoms with Gasteiger partial charge in [0, 0.05) is 12.7 Å². The lowest BCUT2D eigenvalue weighted by atomic mass is 10.2. The maximum absolute atomic E-state index is 12.9. The van der Waals surface area contributed by atoms with Gasteiger partial charge in [-0.05, 0) is 13.8 Å². The first-order valence-electron chi connectivity index (χ1n) is 5.99. The molecular weight excluding hydrogens is 291 g/mol. The molecule has 6 nitrogen and oxygen atoms in total. The molecule has 0 radical (unpaired) electrons. The summed E-state index contributed by atoms with van der Waals surface area (Å²) in [6.07, 6.45) is -3.50. The minimum absolute atomic E-state index is 0.0713. The minimum atomic E-state index is -4.82. The average molecular weight is 303 g/mol. The first-order valence-corrected chi connectivity index (χ1v) is 5.99. The minimum Gasteiger partial charge on any atom is -0.460 e. The largest absolute Gasteiger partial charge is 0.460 e. The van der Waals surface area contributed by atoms with Gasteiger partial charge in [-0.3, -0.25) is 4.68 Å². The van der Waals surface area contributed by atoms with Crippen molar-refractivity contribution < 1.29 is 27.1 Å². The van der Waals surface area contributed by atoms with Crippen LogP contribution >= 0.6 is 0 Å². The highest BCUT2D eigenvalue weighted by molar-refractivity contribution is 5.88. The van der Waals surface area contributed by atoms with Crippen LogP contribution in [0.1, 0.15) is 28.9 Å². The van der Waals surface area contributed by atoms with Crippen LogP contribution in [0.15, 0.2) is 10.6 Å². The summed E-state index contributed by atoms with van der Waals surface area (Å²) in [5, 5.41) is 3.89. The summed E-state index contributed by atoms with van der Waals surface area (Å²) in [6.45, 7) is 3.05. The number of halogens is 3. The van der Waals surface area contributed by atoms with Crippen LogP contribution in [0.5, 0.6) is 0 Å². The molecule has 0 fully saturated rings. The van der Waals surface area contributed by atoms with Crippen LogP contribution in [0.4, 0.5) is 13.2 Å². The molecule has 0 amide bonds. The maximum atomic E-state index is 12.9. The second-order valence-corrected chi connectivity index (χ2v) is 4.18. The highest BCUT2D eigenvalue weighted by Gasteiger charge is 2.42. The van der Waals surface area contributed by atoms with Gasteiger partial charge in [0.15, 0.2) is 5.69 Å². The number of aryl methyl sites for hydroxylation is 1. The fourth-order valence-electron chi connectivity index (χ4n) is 1.67. The molecule has 0 aromatic carbocycles. The highest BCUT2D eigenvalue weighted by Crippen LogP contribution is 2.35. The smallest absolute Gasteiger partial charge is 0.437 e. The standard InChI is InChI=1S/C12H12F3N3O3/c1-4-20-11(19)8-9(12(13,14)15)17-10(21-8)7-5-16-18(3)6(7)2/h5H,4H2,1-3H3. The van der Waals surface area contributed by atoms with Crippen molar-refractivity contribution in [2.45, 2.75) is 20.0 Å². The summed E-state index contributed by atoms with van der Waals surface area (Å²) >= 11 is 0.